The van der Waals surface area contributed by atoms with E-state index in [2.05, 4.69) is 15.9 Å². The molecular formula is C24H15BrCl2N2O5S. The highest BCUT2D eigenvalue weighted by molar-refractivity contribution is 9.10. The van der Waals surface area contributed by atoms with E-state index in [1.807, 2.05) is 0 Å². The van der Waals surface area contributed by atoms with Gasteiger partial charge in [-0.2, -0.15) is 0 Å². The van der Waals surface area contributed by atoms with Gasteiger partial charge in [0.1, 0.15) is 12.4 Å². The van der Waals surface area contributed by atoms with Crippen molar-refractivity contribution in [3.05, 3.63) is 107 Å². The van der Waals surface area contributed by atoms with Gasteiger partial charge in [-0.25, -0.2) is 0 Å². The van der Waals surface area contributed by atoms with Crippen LogP contribution < -0.4 is 4.74 Å². The predicted octanol–water partition coefficient (Wildman–Crippen LogP) is 7.48. The number of imide groups is 1. The normalized spacial score (nSPS) is 14.6. The van der Waals surface area contributed by atoms with Crippen molar-refractivity contribution in [3.8, 4) is 5.75 Å². The van der Waals surface area contributed by atoms with Crippen molar-refractivity contribution in [2.24, 2.45) is 0 Å². The summed E-state index contributed by atoms with van der Waals surface area (Å²) in [7, 11) is 0. The number of thioether (sulfide) groups is 1. The second-order valence-electron chi connectivity index (χ2n) is 7.37. The summed E-state index contributed by atoms with van der Waals surface area (Å²) < 4.78 is 6.48. The molecule has 0 atom stereocenters. The lowest BCUT2D eigenvalue weighted by Gasteiger charge is -2.12. The van der Waals surface area contributed by atoms with Gasteiger partial charge in [-0.15, -0.1) is 0 Å². The Hall–Kier alpha value is -2.85. The van der Waals surface area contributed by atoms with Crippen LogP contribution in [0.25, 0.3) is 6.08 Å². The summed E-state index contributed by atoms with van der Waals surface area (Å²) >= 11 is 16.4. The zero-order valence-corrected chi connectivity index (χ0v) is 21.7. The minimum atomic E-state index is -0.535. The average molecular weight is 594 g/mol. The largest absolute Gasteiger partial charge is 0.488 e. The molecule has 4 rings (SSSR count). The molecule has 0 aliphatic carbocycles. The fourth-order valence-corrected chi connectivity index (χ4v) is 5.11. The molecule has 0 bridgehead atoms. The average Bonchev–Trinajstić information content (AvgIpc) is 3.07. The quantitative estimate of drug-likeness (QED) is 0.160. The van der Waals surface area contributed by atoms with E-state index in [0.29, 0.717) is 25.8 Å². The van der Waals surface area contributed by atoms with Crippen LogP contribution in [0.15, 0.2) is 70.0 Å². The van der Waals surface area contributed by atoms with E-state index in [1.54, 1.807) is 48.5 Å². The number of nitrogens with zero attached hydrogens (tertiary/aromatic N) is 2. The number of benzene rings is 3. The maximum atomic E-state index is 12.9. The van der Waals surface area contributed by atoms with Gasteiger partial charge in [-0.3, -0.25) is 24.6 Å². The molecule has 1 saturated heterocycles. The van der Waals surface area contributed by atoms with E-state index in [-0.39, 0.29) is 29.3 Å². The van der Waals surface area contributed by atoms with Gasteiger partial charge in [-0.1, -0.05) is 53.5 Å². The van der Waals surface area contributed by atoms with Crippen LogP contribution in [0.2, 0.25) is 10.0 Å². The zero-order valence-electron chi connectivity index (χ0n) is 17.7. The van der Waals surface area contributed by atoms with Gasteiger partial charge >= 0.3 is 0 Å². The SMILES string of the molecule is O=C1S/C(=C\c2ccc(OCc3ccc(Cl)cc3Cl)c(Br)c2)C(=O)N1Cc1ccccc1[N+](=O)[O-]. The van der Waals surface area contributed by atoms with Crippen LogP contribution in [0.4, 0.5) is 10.5 Å². The Labute approximate surface area is 222 Å². The maximum Gasteiger partial charge on any atom is 0.293 e. The van der Waals surface area contributed by atoms with E-state index in [9.17, 15) is 19.7 Å². The first-order chi connectivity index (χ1) is 16.7. The molecular weight excluding hydrogens is 579 g/mol. The van der Waals surface area contributed by atoms with Crippen LogP contribution in [0, 0.1) is 10.1 Å². The van der Waals surface area contributed by atoms with Crippen LogP contribution in [0.1, 0.15) is 16.7 Å². The minimum absolute atomic E-state index is 0.144. The van der Waals surface area contributed by atoms with Gasteiger partial charge in [0, 0.05) is 27.2 Å². The number of rotatable bonds is 7. The smallest absolute Gasteiger partial charge is 0.293 e. The second kappa shape index (κ2) is 10.8. The van der Waals surface area contributed by atoms with Crippen molar-refractivity contribution < 1.29 is 19.2 Å². The molecule has 2 amide bonds. The number of ether oxygens (including phenoxy) is 1. The van der Waals surface area contributed by atoms with Gasteiger partial charge < -0.3 is 4.74 Å². The zero-order chi connectivity index (χ0) is 25.1. The molecule has 0 N–H and O–H groups in total. The number of amides is 2. The number of hydrogen-bond acceptors (Lipinski definition) is 6. The van der Waals surface area contributed by atoms with Gasteiger partial charge in [0.25, 0.3) is 16.8 Å². The standard InChI is InChI=1S/C24H15BrCl2N2O5S/c25-18-9-14(5-8-21(18)34-13-16-6-7-17(26)11-19(16)27)10-22-23(30)28(24(31)35-22)12-15-3-1-2-4-20(15)29(32)33/h1-11H,12-13H2/b22-10-. The Morgan fingerprint density at radius 2 is 1.83 bits per heavy atom. The number of para-hydroxylation sites is 1. The first-order valence-electron chi connectivity index (χ1n) is 10.1. The Bertz CT molecular complexity index is 1380. The molecule has 0 radical (unpaired) electrons. The summed E-state index contributed by atoms with van der Waals surface area (Å²) in [5.74, 6) is 0.0599. The van der Waals surface area contributed by atoms with Crippen molar-refractivity contribution in [2.75, 3.05) is 0 Å². The predicted molar refractivity (Wildman–Crippen MR) is 140 cm³/mol. The molecule has 1 fully saturated rings. The van der Waals surface area contributed by atoms with Crippen molar-refractivity contribution in [2.45, 2.75) is 13.2 Å². The molecule has 178 valence electrons. The number of carbonyl (C=O) groups excluding carboxylic acids is 2. The Balaban J connectivity index is 1.48. The van der Waals surface area contributed by atoms with Crippen LogP contribution >= 0.6 is 50.9 Å². The molecule has 3 aromatic rings. The number of nitro benzene ring substituents is 1. The van der Waals surface area contributed by atoms with E-state index in [1.165, 1.54) is 18.2 Å². The molecule has 0 saturated carbocycles. The summed E-state index contributed by atoms with van der Waals surface area (Å²) in [6.45, 7) is 0.0569. The number of carbonyl (C=O) groups is 2. The third-order valence-corrected chi connectivity index (χ3v) is 7.16. The third-order valence-electron chi connectivity index (χ3n) is 5.04. The molecule has 0 aromatic heterocycles. The molecule has 3 aromatic carbocycles. The van der Waals surface area contributed by atoms with Crippen LogP contribution in [-0.2, 0) is 17.9 Å². The molecule has 1 aliphatic heterocycles. The maximum absolute atomic E-state index is 12.9. The fourth-order valence-electron chi connectivity index (χ4n) is 3.30. The van der Waals surface area contributed by atoms with E-state index in [0.717, 1.165) is 22.2 Å². The first-order valence-corrected chi connectivity index (χ1v) is 12.4. The van der Waals surface area contributed by atoms with Crippen LogP contribution in [0.5, 0.6) is 5.75 Å². The molecule has 11 heteroatoms. The molecule has 1 aliphatic rings. The van der Waals surface area contributed by atoms with Gasteiger partial charge in [0.05, 0.1) is 20.8 Å². The Morgan fingerprint density at radius 3 is 2.54 bits per heavy atom. The molecule has 0 unspecified atom stereocenters. The highest BCUT2D eigenvalue weighted by atomic mass is 79.9. The first kappa shape index (κ1) is 25.2. The second-order valence-corrected chi connectivity index (χ2v) is 10.1. The lowest BCUT2D eigenvalue weighted by Crippen LogP contribution is -2.27. The van der Waals surface area contributed by atoms with Crippen LogP contribution in [0.3, 0.4) is 0 Å². The van der Waals surface area contributed by atoms with Gasteiger partial charge in [0.15, 0.2) is 0 Å². The van der Waals surface area contributed by atoms with Crippen molar-refractivity contribution >= 4 is 73.8 Å². The highest BCUT2D eigenvalue weighted by Crippen LogP contribution is 2.36. The number of nitro groups is 1. The molecule has 1 heterocycles. The van der Waals surface area contributed by atoms with Crippen molar-refractivity contribution in [3.63, 3.8) is 0 Å². The van der Waals surface area contributed by atoms with E-state index < -0.39 is 16.1 Å². The lowest BCUT2D eigenvalue weighted by atomic mass is 10.1. The van der Waals surface area contributed by atoms with Gasteiger partial charge in [0.2, 0.25) is 0 Å². The molecule has 35 heavy (non-hydrogen) atoms. The van der Waals surface area contributed by atoms with E-state index >= 15 is 0 Å². The van der Waals surface area contributed by atoms with Crippen molar-refractivity contribution in [1.29, 1.82) is 0 Å². The fraction of sp³-hybridized carbons (Fsp3) is 0.0833. The topological polar surface area (TPSA) is 89.8 Å². The Kier molecular flexibility index (Phi) is 7.81. The third kappa shape index (κ3) is 5.87. The summed E-state index contributed by atoms with van der Waals surface area (Å²) in [5, 5.41) is 11.8. The lowest BCUT2D eigenvalue weighted by molar-refractivity contribution is -0.385. The summed E-state index contributed by atoms with van der Waals surface area (Å²) in [6.07, 6.45) is 1.59. The summed E-state index contributed by atoms with van der Waals surface area (Å²) in [5.41, 5.74) is 1.59. The van der Waals surface area contributed by atoms with Crippen molar-refractivity contribution in [1.82, 2.24) is 4.90 Å². The van der Waals surface area contributed by atoms with E-state index in [4.69, 9.17) is 27.9 Å². The number of hydrogen-bond donors (Lipinski definition) is 0. The van der Waals surface area contributed by atoms with Gasteiger partial charge in [-0.05, 0) is 63.6 Å². The minimum Gasteiger partial charge on any atom is -0.488 e. The Morgan fingerprint density at radius 1 is 1.06 bits per heavy atom. The molecule has 0 spiro atoms. The molecule has 7 nitrogen and oxygen atoms in total. The highest BCUT2D eigenvalue weighted by Gasteiger charge is 2.36. The van der Waals surface area contributed by atoms with Crippen LogP contribution in [-0.4, -0.2) is 21.0 Å². The number of halogens is 3. The summed E-state index contributed by atoms with van der Waals surface area (Å²) in [4.78, 5) is 37.3. The monoisotopic (exact) mass is 592 g/mol. The summed E-state index contributed by atoms with van der Waals surface area (Å²) in [6, 6.07) is 16.4.